The van der Waals surface area contributed by atoms with Crippen LogP contribution in [-0.4, -0.2) is 46.0 Å². The van der Waals surface area contributed by atoms with E-state index in [4.69, 9.17) is 11.6 Å². The first kappa shape index (κ1) is 17.9. The van der Waals surface area contributed by atoms with Crippen LogP contribution in [0, 0.1) is 0 Å². The zero-order valence-electron chi connectivity index (χ0n) is 15.0. The van der Waals surface area contributed by atoms with Crippen LogP contribution in [-0.2, 0) is 13.2 Å². The number of benzene rings is 2. The fourth-order valence-corrected chi connectivity index (χ4v) is 3.76. The Morgan fingerprint density at radius 2 is 1.67 bits per heavy atom. The summed E-state index contributed by atoms with van der Waals surface area (Å²) in [6.45, 7) is 5.65. The van der Waals surface area contributed by atoms with Gasteiger partial charge in [-0.15, -0.1) is 4.68 Å². The van der Waals surface area contributed by atoms with Gasteiger partial charge < -0.3 is 9.80 Å². The number of hydrogen-bond acceptors (Lipinski definition) is 3. The molecule has 1 saturated heterocycles. The maximum Gasteiger partial charge on any atom is 0.373 e. The number of para-hydroxylation sites is 1. The molecule has 2 N–H and O–H groups in total. The van der Waals surface area contributed by atoms with Gasteiger partial charge in [0.2, 0.25) is 0 Å². The van der Waals surface area contributed by atoms with Crippen LogP contribution in [0.5, 0.6) is 0 Å². The Balaban J connectivity index is 1.35. The summed E-state index contributed by atoms with van der Waals surface area (Å²) in [5.74, 6) is 0. The maximum absolute atomic E-state index is 12.6. The zero-order chi connectivity index (χ0) is 18.6. The fraction of sp³-hybridized carbons (Fsp3) is 0.316. The van der Waals surface area contributed by atoms with Crippen molar-refractivity contribution in [1.29, 1.82) is 0 Å². The van der Waals surface area contributed by atoms with E-state index in [2.05, 4.69) is 16.5 Å². The van der Waals surface area contributed by atoms with Crippen LogP contribution in [0.4, 0.5) is 0 Å². The highest BCUT2D eigenvalue weighted by molar-refractivity contribution is 6.30. The molecule has 0 aliphatic carbocycles. The van der Waals surface area contributed by atoms with Crippen molar-refractivity contribution in [2.24, 2.45) is 0 Å². The van der Waals surface area contributed by atoms with E-state index in [-0.39, 0.29) is 5.69 Å². The molecule has 1 aliphatic heterocycles. The highest BCUT2D eigenvalue weighted by atomic mass is 35.5. The summed E-state index contributed by atoms with van der Waals surface area (Å²) in [5.41, 5.74) is 1.81. The molecule has 1 fully saturated rings. The second-order valence-electron chi connectivity index (χ2n) is 6.97. The number of aromatic nitrogens is 4. The Morgan fingerprint density at radius 3 is 2.41 bits per heavy atom. The first-order chi connectivity index (χ1) is 13.2. The maximum atomic E-state index is 12.6. The molecular formula is C19H23ClN6O+2. The monoisotopic (exact) mass is 386 g/mol. The molecule has 3 aromatic rings. The third-order valence-corrected chi connectivity index (χ3v) is 5.26. The molecule has 0 spiro atoms. The molecule has 8 heteroatoms. The molecule has 27 heavy (non-hydrogen) atoms. The first-order valence-corrected chi connectivity index (χ1v) is 9.57. The molecule has 0 unspecified atom stereocenters. The third kappa shape index (κ3) is 4.27. The van der Waals surface area contributed by atoms with E-state index in [9.17, 15) is 4.79 Å². The van der Waals surface area contributed by atoms with Gasteiger partial charge in [0.05, 0.1) is 5.69 Å². The lowest BCUT2D eigenvalue weighted by Gasteiger charge is -2.29. The SMILES string of the molecule is O=c1n(C[NH+]2CC[NH+](Cc3cccc(Cl)c3)CC2)nnn1-c1ccccc1. The predicted octanol–water partition coefficient (Wildman–Crippen LogP) is -0.976. The van der Waals surface area contributed by atoms with Crippen molar-refractivity contribution in [3.05, 3.63) is 75.7 Å². The smallest absolute Gasteiger partial charge is 0.322 e. The summed E-state index contributed by atoms with van der Waals surface area (Å²) in [6, 6.07) is 17.4. The van der Waals surface area contributed by atoms with E-state index in [1.807, 2.05) is 48.5 Å². The molecule has 0 atom stereocenters. The Kier molecular flexibility index (Phi) is 5.33. The number of quaternary nitrogens is 2. The normalized spacial score (nSPS) is 19.9. The standard InChI is InChI=1S/C19H21ClN6O/c20-17-6-4-5-16(13-17)14-23-9-11-24(12-10-23)15-25-19(27)26(22-21-25)18-7-2-1-3-8-18/h1-8,13H,9-12,14-15H2/p+2. The van der Waals surface area contributed by atoms with Gasteiger partial charge in [0, 0.05) is 10.6 Å². The Labute approximate surface area is 162 Å². The van der Waals surface area contributed by atoms with Gasteiger partial charge in [0.15, 0.2) is 6.67 Å². The van der Waals surface area contributed by atoms with Crippen molar-refractivity contribution >= 4 is 11.6 Å². The van der Waals surface area contributed by atoms with Crippen LogP contribution in [0.1, 0.15) is 5.56 Å². The number of nitrogens with one attached hydrogen (secondary N) is 2. The fourth-order valence-electron chi connectivity index (χ4n) is 3.54. The number of tetrazole rings is 1. The van der Waals surface area contributed by atoms with Gasteiger partial charge in [0.25, 0.3) is 0 Å². The van der Waals surface area contributed by atoms with Crippen molar-refractivity contribution in [2.75, 3.05) is 26.2 Å². The average molecular weight is 387 g/mol. The Bertz CT molecular complexity index is 946. The van der Waals surface area contributed by atoms with E-state index < -0.39 is 0 Å². The summed E-state index contributed by atoms with van der Waals surface area (Å²) in [4.78, 5) is 15.4. The molecule has 0 saturated carbocycles. The quantitative estimate of drug-likeness (QED) is 0.593. The van der Waals surface area contributed by atoms with Gasteiger partial charge in [0.1, 0.15) is 32.7 Å². The summed E-state index contributed by atoms with van der Waals surface area (Å²) in [6.07, 6.45) is 0. The molecule has 2 aromatic carbocycles. The molecule has 7 nitrogen and oxygen atoms in total. The lowest BCUT2D eigenvalue weighted by molar-refractivity contribution is -1.03. The predicted molar refractivity (Wildman–Crippen MR) is 102 cm³/mol. The van der Waals surface area contributed by atoms with Crippen LogP contribution in [0.2, 0.25) is 5.02 Å². The molecule has 0 amide bonds. The van der Waals surface area contributed by atoms with Gasteiger partial charge in [-0.1, -0.05) is 41.9 Å². The van der Waals surface area contributed by atoms with Crippen molar-refractivity contribution < 1.29 is 9.80 Å². The van der Waals surface area contributed by atoms with Crippen LogP contribution < -0.4 is 15.5 Å². The van der Waals surface area contributed by atoms with Crippen molar-refractivity contribution in [1.82, 2.24) is 19.8 Å². The summed E-state index contributed by atoms with van der Waals surface area (Å²) in [7, 11) is 0. The largest absolute Gasteiger partial charge is 0.373 e. The molecule has 1 aliphatic rings. The van der Waals surface area contributed by atoms with E-state index in [0.717, 1.165) is 43.4 Å². The van der Waals surface area contributed by atoms with E-state index in [1.165, 1.54) is 19.8 Å². The second-order valence-corrected chi connectivity index (χ2v) is 7.41. The summed E-state index contributed by atoms with van der Waals surface area (Å²) in [5, 5.41) is 8.86. The Morgan fingerprint density at radius 1 is 0.926 bits per heavy atom. The van der Waals surface area contributed by atoms with E-state index >= 15 is 0 Å². The number of hydrogen-bond donors (Lipinski definition) is 2. The Hall–Kier alpha value is -2.48. The van der Waals surface area contributed by atoms with Crippen molar-refractivity contribution in [2.45, 2.75) is 13.2 Å². The number of halogens is 1. The number of rotatable bonds is 5. The van der Waals surface area contributed by atoms with Gasteiger partial charge in [-0.2, -0.15) is 4.68 Å². The lowest BCUT2D eigenvalue weighted by atomic mass is 10.2. The highest BCUT2D eigenvalue weighted by Gasteiger charge is 2.24. The van der Waals surface area contributed by atoms with Gasteiger partial charge in [-0.25, -0.2) is 4.79 Å². The lowest BCUT2D eigenvalue weighted by Crippen LogP contribution is -3.27. The molecule has 1 aromatic heterocycles. The first-order valence-electron chi connectivity index (χ1n) is 9.19. The van der Waals surface area contributed by atoms with Crippen LogP contribution in [0.3, 0.4) is 0 Å². The second kappa shape index (κ2) is 8.04. The van der Waals surface area contributed by atoms with Gasteiger partial charge in [-0.05, 0) is 34.7 Å². The summed E-state index contributed by atoms with van der Waals surface area (Å²) < 4.78 is 2.81. The van der Waals surface area contributed by atoms with Crippen molar-refractivity contribution in [3.8, 4) is 5.69 Å². The topological polar surface area (TPSA) is 61.6 Å². The van der Waals surface area contributed by atoms with Crippen LogP contribution in [0.15, 0.2) is 59.4 Å². The molecule has 4 rings (SSSR count). The van der Waals surface area contributed by atoms with Crippen LogP contribution >= 0.6 is 11.6 Å². The average Bonchev–Trinajstić information content (AvgIpc) is 3.04. The number of nitrogens with zero attached hydrogens (tertiary/aromatic N) is 4. The van der Waals surface area contributed by atoms with Gasteiger partial charge >= 0.3 is 5.69 Å². The molecule has 140 valence electrons. The van der Waals surface area contributed by atoms with Crippen LogP contribution in [0.25, 0.3) is 5.69 Å². The minimum Gasteiger partial charge on any atom is -0.322 e. The zero-order valence-corrected chi connectivity index (χ0v) is 15.8. The summed E-state index contributed by atoms with van der Waals surface area (Å²) >= 11 is 6.08. The minimum atomic E-state index is -0.192. The minimum absolute atomic E-state index is 0.192. The van der Waals surface area contributed by atoms with Gasteiger partial charge in [-0.3, -0.25) is 0 Å². The highest BCUT2D eigenvalue weighted by Crippen LogP contribution is 2.09. The molecule has 0 bridgehead atoms. The van der Waals surface area contributed by atoms with E-state index in [1.54, 1.807) is 4.90 Å². The molecule has 0 radical (unpaired) electrons. The van der Waals surface area contributed by atoms with E-state index in [0.29, 0.717) is 6.67 Å². The molecule has 2 heterocycles. The molecular weight excluding hydrogens is 364 g/mol. The van der Waals surface area contributed by atoms with Crippen molar-refractivity contribution in [3.63, 3.8) is 0 Å². The third-order valence-electron chi connectivity index (χ3n) is 5.02. The number of piperazine rings is 1.